The Kier molecular flexibility index (Phi) is 3.62. The van der Waals surface area contributed by atoms with Crippen molar-refractivity contribution in [2.24, 2.45) is 5.92 Å². The molecule has 14 heavy (non-hydrogen) atoms. The fraction of sp³-hybridized carbons (Fsp3) is 0.571. The van der Waals surface area contributed by atoms with Crippen molar-refractivity contribution >= 4 is 10.0 Å². The molecule has 1 aromatic heterocycles. The number of aliphatic hydroxyl groups excluding tert-OH is 1. The van der Waals surface area contributed by atoms with Crippen molar-refractivity contribution in [1.82, 2.24) is 14.9 Å². The first-order valence-electron chi connectivity index (χ1n) is 4.15. The van der Waals surface area contributed by atoms with Crippen molar-refractivity contribution in [1.29, 1.82) is 0 Å². The lowest BCUT2D eigenvalue weighted by atomic mass is 10.2. The van der Waals surface area contributed by atoms with Gasteiger partial charge >= 0.3 is 0 Å². The van der Waals surface area contributed by atoms with Gasteiger partial charge in [-0.3, -0.25) is 5.10 Å². The molecule has 1 unspecified atom stereocenters. The number of nitrogens with one attached hydrogen (secondary N) is 2. The number of sulfonamides is 1. The number of rotatable bonds is 5. The zero-order valence-corrected chi connectivity index (χ0v) is 8.58. The van der Waals surface area contributed by atoms with Gasteiger partial charge in [0.15, 0.2) is 0 Å². The average Bonchev–Trinajstić information content (AvgIpc) is 2.67. The van der Waals surface area contributed by atoms with E-state index in [1.807, 2.05) is 0 Å². The molecule has 0 aliphatic carbocycles. The molecule has 1 heterocycles. The summed E-state index contributed by atoms with van der Waals surface area (Å²) in [4.78, 5) is 0.0997. The Morgan fingerprint density at radius 3 is 2.93 bits per heavy atom. The van der Waals surface area contributed by atoms with Crippen molar-refractivity contribution in [3.8, 4) is 0 Å². The zero-order valence-electron chi connectivity index (χ0n) is 7.77. The Hall–Kier alpha value is -0.920. The van der Waals surface area contributed by atoms with Crippen molar-refractivity contribution < 1.29 is 13.5 Å². The van der Waals surface area contributed by atoms with Crippen LogP contribution in [0.5, 0.6) is 0 Å². The molecule has 0 saturated carbocycles. The van der Waals surface area contributed by atoms with E-state index in [2.05, 4.69) is 14.9 Å². The molecule has 0 fully saturated rings. The van der Waals surface area contributed by atoms with Crippen LogP contribution in [-0.4, -0.2) is 36.9 Å². The van der Waals surface area contributed by atoms with E-state index in [-0.39, 0.29) is 24.0 Å². The standard InChI is InChI=1S/C7H13N3O3S/c1-6(5-11)2-10-14(12,13)7-3-8-9-4-7/h3-4,6,10-11H,2,5H2,1H3,(H,8,9). The molecule has 3 N–H and O–H groups in total. The predicted octanol–water partition coefficient (Wildman–Crippen LogP) is -0.684. The van der Waals surface area contributed by atoms with E-state index >= 15 is 0 Å². The van der Waals surface area contributed by atoms with Crippen molar-refractivity contribution in [2.75, 3.05) is 13.2 Å². The van der Waals surface area contributed by atoms with Gasteiger partial charge in [0.05, 0.1) is 6.20 Å². The van der Waals surface area contributed by atoms with Gasteiger partial charge < -0.3 is 5.11 Å². The second-order valence-corrected chi connectivity index (χ2v) is 4.84. The second kappa shape index (κ2) is 4.54. The van der Waals surface area contributed by atoms with Crippen LogP contribution in [0.2, 0.25) is 0 Å². The van der Waals surface area contributed by atoms with Crippen LogP contribution < -0.4 is 4.72 Å². The lowest BCUT2D eigenvalue weighted by Crippen LogP contribution is -2.29. The molecule has 1 atom stereocenters. The second-order valence-electron chi connectivity index (χ2n) is 3.07. The molecule has 0 amide bonds. The van der Waals surface area contributed by atoms with Crippen LogP contribution >= 0.6 is 0 Å². The van der Waals surface area contributed by atoms with E-state index < -0.39 is 10.0 Å². The molecule has 0 saturated heterocycles. The SMILES string of the molecule is CC(CO)CNS(=O)(=O)c1cn[nH]c1. The molecule has 0 radical (unpaired) electrons. The molecular formula is C7H13N3O3S. The third kappa shape index (κ3) is 2.79. The Morgan fingerprint density at radius 1 is 1.71 bits per heavy atom. The number of H-pyrrole nitrogens is 1. The highest BCUT2D eigenvalue weighted by atomic mass is 32.2. The minimum Gasteiger partial charge on any atom is -0.396 e. The largest absolute Gasteiger partial charge is 0.396 e. The maximum absolute atomic E-state index is 11.5. The summed E-state index contributed by atoms with van der Waals surface area (Å²) in [5, 5.41) is 14.7. The van der Waals surface area contributed by atoms with Gasteiger partial charge in [-0.1, -0.05) is 6.92 Å². The summed E-state index contributed by atoms with van der Waals surface area (Å²) < 4.78 is 25.3. The molecule has 0 aliphatic heterocycles. The Balaban J connectivity index is 2.60. The third-order valence-corrected chi connectivity index (χ3v) is 3.11. The Morgan fingerprint density at radius 2 is 2.43 bits per heavy atom. The highest BCUT2D eigenvalue weighted by Gasteiger charge is 2.15. The van der Waals surface area contributed by atoms with Crippen LogP contribution in [0, 0.1) is 5.92 Å². The van der Waals surface area contributed by atoms with Crippen LogP contribution in [0.4, 0.5) is 0 Å². The van der Waals surface area contributed by atoms with Gasteiger partial charge in [-0.05, 0) is 5.92 Å². The lowest BCUT2D eigenvalue weighted by molar-refractivity contribution is 0.238. The molecule has 0 bridgehead atoms. The van der Waals surface area contributed by atoms with Crippen molar-refractivity contribution in [2.45, 2.75) is 11.8 Å². The fourth-order valence-corrected chi connectivity index (χ4v) is 1.86. The van der Waals surface area contributed by atoms with E-state index in [9.17, 15) is 8.42 Å². The summed E-state index contributed by atoms with van der Waals surface area (Å²) in [7, 11) is -3.48. The van der Waals surface area contributed by atoms with E-state index in [0.29, 0.717) is 0 Å². The molecule has 0 aromatic carbocycles. The summed E-state index contributed by atoms with van der Waals surface area (Å²) in [5.41, 5.74) is 0. The minimum atomic E-state index is -3.48. The maximum Gasteiger partial charge on any atom is 0.243 e. The summed E-state index contributed by atoms with van der Waals surface area (Å²) in [6, 6.07) is 0. The number of nitrogens with zero attached hydrogens (tertiary/aromatic N) is 1. The molecule has 6 nitrogen and oxygen atoms in total. The first-order chi connectivity index (χ1) is 6.56. The van der Waals surface area contributed by atoms with E-state index in [4.69, 9.17) is 5.11 Å². The quantitative estimate of drug-likeness (QED) is 0.611. The lowest BCUT2D eigenvalue weighted by Gasteiger charge is -2.08. The minimum absolute atomic E-state index is 0.0477. The van der Waals surface area contributed by atoms with E-state index in [1.165, 1.54) is 12.4 Å². The average molecular weight is 219 g/mol. The van der Waals surface area contributed by atoms with Crippen LogP contribution in [0.3, 0.4) is 0 Å². The first-order valence-corrected chi connectivity index (χ1v) is 5.64. The van der Waals surface area contributed by atoms with Gasteiger partial charge in [0.2, 0.25) is 10.0 Å². The monoisotopic (exact) mass is 219 g/mol. The summed E-state index contributed by atoms with van der Waals surface area (Å²) in [5.74, 6) is -0.100. The number of hydrogen-bond acceptors (Lipinski definition) is 4. The Labute approximate surface area is 82.4 Å². The highest BCUT2D eigenvalue weighted by molar-refractivity contribution is 7.89. The number of aromatic amines is 1. The normalized spacial score (nSPS) is 14.1. The van der Waals surface area contributed by atoms with Gasteiger partial charge in [0, 0.05) is 19.3 Å². The fourth-order valence-electron chi connectivity index (χ4n) is 0.786. The van der Waals surface area contributed by atoms with Crippen LogP contribution in [0.25, 0.3) is 0 Å². The smallest absolute Gasteiger partial charge is 0.243 e. The number of aliphatic hydroxyl groups is 1. The van der Waals surface area contributed by atoms with Crippen molar-refractivity contribution in [3.05, 3.63) is 12.4 Å². The van der Waals surface area contributed by atoms with Gasteiger partial charge in [0.1, 0.15) is 4.90 Å². The summed E-state index contributed by atoms with van der Waals surface area (Å²) >= 11 is 0. The molecule has 0 aliphatic rings. The van der Waals surface area contributed by atoms with Gasteiger partial charge in [0.25, 0.3) is 0 Å². The summed E-state index contributed by atoms with van der Waals surface area (Å²) in [6.45, 7) is 1.91. The first kappa shape index (κ1) is 11.2. The van der Waals surface area contributed by atoms with Gasteiger partial charge in [-0.25, -0.2) is 13.1 Å². The molecule has 1 aromatic rings. The predicted molar refractivity (Wildman–Crippen MR) is 50.0 cm³/mol. The van der Waals surface area contributed by atoms with E-state index in [1.54, 1.807) is 6.92 Å². The van der Waals surface area contributed by atoms with Gasteiger partial charge in [-0.2, -0.15) is 5.10 Å². The molecule has 0 spiro atoms. The van der Waals surface area contributed by atoms with Crippen LogP contribution in [0.15, 0.2) is 17.3 Å². The van der Waals surface area contributed by atoms with E-state index in [0.717, 1.165) is 0 Å². The summed E-state index contributed by atoms with van der Waals surface area (Å²) in [6.07, 6.45) is 2.53. The molecular weight excluding hydrogens is 206 g/mol. The molecule has 80 valence electrons. The third-order valence-electron chi connectivity index (χ3n) is 1.72. The zero-order chi connectivity index (χ0) is 10.6. The number of hydrogen-bond donors (Lipinski definition) is 3. The Bertz CT molecular complexity index is 360. The molecule has 7 heteroatoms. The molecule has 1 rings (SSSR count). The maximum atomic E-state index is 11.5. The van der Waals surface area contributed by atoms with Gasteiger partial charge in [-0.15, -0.1) is 0 Å². The number of aromatic nitrogens is 2. The van der Waals surface area contributed by atoms with Crippen LogP contribution in [-0.2, 0) is 10.0 Å². The highest BCUT2D eigenvalue weighted by Crippen LogP contribution is 2.04. The van der Waals surface area contributed by atoms with Crippen molar-refractivity contribution in [3.63, 3.8) is 0 Å². The topological polar surface area (TPSA) is 95.1 Å². The van der Waals surface area contributed by atoms with Crippen LogP contribution in [0.1, 0.15) is 6.92 Å².